The van der Waals surface area contributed by atoms with Crippen molar-refractivity contribution in [2.45, 2.75) is 76.9 Å². The second-order valence-electron chi connectivity index (χ2n) is 13.9. The second kappa shape index (κ2) is 23.2. The molecule has 2 aliphatic heterocycles. The highest BCUT2D eigenvalue weighted by atomic mass is 31.2. The molecule has 2 amide bonds. The highest BCUT2D eigenvalue weighted by molar-refractivity contribution is 7.95. The van der Waals surface area contributed by atoms with E-state index in [1.165, 1.54) is 15.9 Å². The van der Waals surface area contributed by atoms with E-state index in [0.717, 1.165) is 50.8 Å². The Kier molecular flexibility index (Phi) is 18.1. The van der Waals surface area contributed by atoms with Crippen LogP contribution in [0.1, 0.15) is 64.7 Å². The maximum Gasteiger partial charge on any atom is 0.327 e. The standard InChI is InChI=1S/C23H21O2P.C22H34N2O5/c24-23(25)18-10-11-19-26(20-12-4-1-5-13-20,21-14-6-2-7-15-21)22-16-8-3-9-17-22;1-2-3-6-10-20(25)24-15-21(26)23-14-17-16(18-12-13-19(17)29-18)9-7-4-5-8-11-22(27)28/h1-17H,18-19H2;4,7-8,11,16-19H,2-3,5-6,9-10,12-15H2,1H3,(H,23,26)(H,24,25)(H,27,28)/p+1/b;7-4-,11-8?/t;16-,17+,18-,19+/m.1/s1. The van der Waals surface area contributed by atoms with Crippen LogP contribution in [0.4, 0.5) is 0 Å². The number of allylic oxidation sites excluding steroid dienone is 4. The van der Waals surface area contributed by atoms with Crippen molar-refractivity contribution in [1.29, 1.82) is 0 Å². The maximum absolute atomic E-state index is 12.1. The van der Waals surface area contributed by atoms with E-state index in [4.69, 9.17) is 14.9 Å². The number of ether oxygens (including phenoxy) is 1. The van der Waals surface area contributed by atoms with Gasteiger partial charge in [-0.15, -0.1) is 0 Å². The summed E-state index contributed by atoms with van der Waals surface area (Å²) >= 11 is 0. The molecular weight excluding hydrogens is 711 g/mol. The SMILES string of the molecule is CCCCCC(=O)NCC(=O)NC[C@H]1[C@@H](C/C=C\CC=CC(=O)O)[C@H]2CC[C@@H]1O2.O=C(O)CC=CC[P+](c1ccccc1)(c1ccccc1)c1ccccc1. The minimum absolute atomic E-state index is 0.0209. The van der Waals surface area contributed by atoms with Gasteiger partial charge in [0, 0.05) is 25.0 Å². The predicted molar refractivity (Wildman–Crippen MR) is 222 cm³/mol. The van der Waals surface area contributed by atoms with Crippen molar-refractivity contribution >= 4 is 46.9 Å². The van der Waals surface area contributed by atoms with Crippen molar-refractivity contribution in [2.24, 2.45) is 11.8 Å². The number of unbranched alkanes of at least 4 members (excludes halogenated alkanes) is 2. The summed E-state index contributed by atoms with van der Waals surface area (Å²) < 4.78 is 6.05. The lowest BCUT2D eigenvalue weighted by Crippen LogP contribution is -2.42. The molecule has 0 aromatic heterocycles. The maximum atomic E-state index is 12.1. The number of amides is 2. The zero-order valence-electron chi connectivity index (χ0n) is 31.8. The van der Waals surface area contributed by atoms with Crippen LogP contribution >= 0.6 is 7.26 Å². The molecule has 2 bridgehead atoms. The van der Waals surface area contributed by atoms with Gasteiger partial charge in [0.15, 0.2) is 0 Å². The molecule has 0 radical (unpaired) electrons. The Bertz CT molecular complexity index is 1630. The third-order valence-electron chi connectivity index (χ3n) is 10.1. The van der Waals surface area contributed by atoms with Crippen LogP contribution in [0.2, 0.25) is 0 Å². The van der Waals surface area contributed by atoms with Gasteiger partial charge in [0.05, 0.1) is 31.3 Å². The number of benzene rings is 3. The normalized spacial score (nSPS) is 19.0. The summed E-state index contributed by atoms with van der Waals surface area (Å²) in [5.74, 6) is -1.34. The minimum Gasteiger partial charge on any atom is -0.481 e. The van der Waals surface area contributed by atoms with E-state index in [2.05, 4.69) is 96.4 Å². The number of hydrogen-bond acceptors (Lipinski definition) is 5. The Balaban J connectivity index is 0.000000246. The van der Waals surface area contributed by atoms with E-state index in [1.807, 2.05) is 30.4 Å². The van der Waals surface area contributed by atoms with Crippen LogP contribution in [0.3, 0.4) is 0 Å². The van der Waals surface area contributed by atoms with Gasteiger partial charge in [-0.05, 0) is 80.5 Å². The lowest BCUT2D eigenvalue weighted by atomic mass is 9.77. The van der Waals surface area contributed by atoms with Gasteiger partial charge in [-0.25, -0.2) is 4.79 Å². The molecule has 2 heterocycles. The molecule has 0 unspecified atom stereocenters. The molecular formula is C45H56N2O7P+. The average molecular weight is 768 g/mol. The lowest BCUT2D eigenvalue weighted by molar-refractivity contribution is -0.136. The van der Waals surface area contributed by atoms with Crippen LogP contribution in [0.5, 0.6) is 0 Å². The smallest absolute Gasteiger partial charge is 0.327 e. The van der Waals surface area contributed by atoms with Crippen LogP contribution in [-0.2, 0) is 23.9 Å². The second-order valence-corrected chi connectivity index (χ2v) is 17.4. The number of carbonyl (C=O) groups excluding carboxylic acids is 2. The number of carboxylic acids is 2. The molecule has 2 fully saturated rings. The van der Waals surface area contributed by atoms with Gasteiger partial charge >= 0.3 is 11.9 Å². The Hall–Kier alpha value is -4.85. The van der Waals surface area contributed by atoms with Crippen LogP contribution in [0.15, 0.2) is 127 Å². The molecule has 0 saturated carbocycles. The third kappa shape index (κ3) is 13.4. The van der Waals surface area contributed by atoms with Crippen LogP contribution in [0.25, 0.3) is 0 Å². The fourth-order valence-corrected chi connectivity index (χ4v) is 11.4. The number of hydrogen-bond donors (Lipinski definition) is 4. The minimum atomic E-state index is -1.89. The number of fused-ring (bicyclic) bond motifs is 2. The highest BCUT2D eigenvalue weighted by Gasteiger charge is 2.48. The van der Waals surface area contributed by atoms with Crippen molar-refractivity contribution in [2.75, 3.05) is 19.3 Å². The predicted octanol–water partition coefficient (Wildman–Crippen LogP) is 6.58. The van der Waals surface area contributed by atoms with Crippen molar-refractivity contribution < 1.29 is 34.1 Å². The first kappa shape index (κ1) is 42.9. The van der Waals surface area contributed by atoms with Crippen molar-refractivity contribution in [3.63, 3.8) is 0 Å². The first-order valence-electron chi connectivity index (χ1n) is 19.4. The van der Waals surface area contributed by atoms with E-state index in [9.17, 15) is 19.2 Å². The molecule has 0 aliphatic carbocycles. The summed E-state index contributed by atoms with van der Waals surface area (Å²) in [5.41, 5.74) is 0. The topological polar surface area (TPSA) is 142 Å². The van der Waals surface area contributed by atoms with Crippen molar-refractivity contribution in [1.82, 2.24) is 10.6 Å². The monoisotopic (exact) mass is 767 g/mol. The van der Waals surface area contributed by atoms with E-state index in [0.29, 0.717) is 25.3 Å². The summed E-state index contributed by atoms with van der Waals surface area (Å²) in [6.07, 6.45) is 18.8. The molecule has 55 heavy (non-hydrogen) atoms. The number of aliphatic carboxylic acids is 2. The van der Waals surface area contributed by atoms with Gasteiger partial charge in [-0.2, -0.15) is 0 Å². The van der Waals surface area contributed by atoms with E-state index in [-0.39, 0.29) is 42.9 Å². The van der Waals surface area contributed by atoms with Crippen LogP contribution < -0.4 is 26.5 Å². The molecule has 3 aromatic carbocycles. The quantitative estimate of drug-likeness (QED) is 0.0441. The Morgan fingerprint density at radius 3 is 1.84 bits per heavy atom. The molecule has 2 aliphatic rings. The van der Waals surface area contributed by atoms with Gasteiger partial charge in [0.1, 0.15) is 23.2 Å². The van der Waals surface area contributed by atoms with Crippen LogP contribution in [-0.4, -0.2) is 65.4 Å². The first-order chi connectivity index (χ1) is 26.7. The Morgan fingerprint density at radius 2 is 1.29 bits per heavy atom. The zero-order chi connectivity index (χ0) is 39.3. The van der Waals surface area contributed by atoms with Gasteiger partial charge in [0.25, 0.3) is 0 Å². The highest BCUT2D eigenvalue weighted by Crippen LogP contribution is 2.55. The first-order valence-corrected chi connectivity index (χ1v) is 21.4. The molecule has 5 rings (SSSR count). The number of nitrogens with one attached hydrogen (secondary N) is 2. The fourth-order valence-electron chi connectivity index (χ4n) is 7.40. The van der Waals surface area contributed by atoms with E-state index < -0.39 is 19.2 Å². The molecule has 4 atom stereocenters. The molecule has 4 N–H and O–H groups in total. The zero-order valence-corrected chi connectivity index (χ0v) is 32.7. The summed E-state index contributed by atoms with van der Waals surface area (Å²) in [5, 5.41) is 27.1. The number of rotatable bonds is 20. The molecule has 0 spiro atoms. The summed E-state index contributed by atoms with van der Waals surface area (Å²) in [6, 6.07) is 31.7. The largest absolute Gasteiger partial charge is 0.481 e. The van der Waals surface area contributed by atoms with E-state index in [1.54, 1.807) is 12.2 Å². The van der Waals surface area contributed by atoms with Gasteiger partial charge in [0.2, 0.25) is 11.8 Å². The Labute approximate surface area is 326 Å². The number of carboxylic acid groups (broad SMARTS) is 2. The van der Waals surface area contributed by atoms with Gasteiger partial charge in [-0.1, -0.05) is 98.7 Å². The molecule has 2 saturated heterocycles. The molecule has 292 valence electrons. The third-order valence-corrected chi connectivity index (χ3v) is 14.4. The van der Waals surface area contributed by atoms with Gasteiger partial charge < -0.3 is 25.6 Å². The fraction of sp³-hybridized carbons (Fsp3) is 0.378. The molecule has 10 heteroatoms. The molecule has 9 nitrogen and oxygen atoms in total. The average Bonchev–Trinajstić information content (AvgIpc) is 3.81. The lowest BCUT2D eigenvalue weighted by Gasteiger charge is -2.27. The summed E-state index contributed by atoms with van der Waals surface area (Å²) in [7, 11) is -1.89. The van der Waals surface area contributed by atoms with Crippen molar-refractivity contribution in [3.05, 3.63) is 127 Å². The van der Waals surface area contributed by atoms with E-state index >= 15 is 0 Å². The molecule has 3 aromatic rings. The van der Waals surface area contributed by atoms with Gasteiger partial charge in [-0.3, -0.25) is 14.4 Å². The number of carbonyl (C=O) groups is 4. The van der Waals surface area contributed by atoms with Crippen LogP contribution in [0, 0.1) is 11.8 Å². The Morgan fingerprint density at radius 1 is 0.709 bits per heavy atom. The van der Waals surface area contributed by atoms with Crippen molar-refractivity contribution in [3.8, 4) is 0 Å². The summed E-state index contributed by atoms with van der Waals surface area (Å²) in [6.45, 7) is 2.67. The summed E-state index contributed by atoms with van der Waals surface area (Å²) in [4.78, 5) is 45.2.